The van der Waals surface area contributed by atoms with E-state index in [0.29, 0.717) is 18.0 Å². The molecule has 0 aromatic heterocycles. The number of amides is 1. The van der Waals surface area contributed by atoms with Crippen molar-refractivity contribution in [2.45, 2.75) is 20.0 Å². The third-order valence-electron chi connectivity index (χ3n) is 2.44. The SMILES string of the molecule is CCNC(=O)[C@H](C)OC(=O)COc1ccc(OC)cc1. The molecule has 1 N–H and O–H groups in total. The topological polar surface area (TPSA) is 73.9 Å². The second-order valence-electron chi connectivity index (χ2n) is 3.99. The Labute approximate surface area is 118 Å². The fraction of sp³-hybridized carbons (Fsp3) is 0.429. The first-order chi connectivity index (χ1) is 9.56. The molecule has 0 saturated heterocycles. The van der Waals surface area contributed by atoms with E-state index in [4.69, 9.17) is 14.2 Å². The van der Waals surface area contributed by atoms with Gasteiger partial charge < -0.3 is 19.5 Å². The molecule has 6 nitrogen and oxygen atoms in total. The van der Waals surface area contributed by atoms with E-state index in [1.165, 1.54) is 6.92 Å². The van der Waals surface area contributed by atoms with E-state index < -0.39 is 12.1 Å². The lowest BCUT2D eigenvalue weighted by Crippen LogP contribution is -2.36. The number of likely N-dealkylation sites (N-methyl/N-ethyl adjacent to an activating group) is 1. The van der Waals surface area contributed by atoms with Crippen molar-refractivity contribution in [3.05, 3.63) is 24.3 Å². The van der Waals surface area contributed by atoms with Crippen LogP contribution in [0.3, 0.4) is 0 Å². The number of esters is 1. The van der Waals surface area contributed by atoms with Crippen LogP contribution in [0, 0.1) is 0 Å². The minimum absolute atomic E-state index is 0.254. The molecule has 0 unspecified atom stereocenters. The molecule has 6 heteroatoms. The molecule has 1 rings (SSSR count). The molecule has 0 fully saturated rings. The van der Waals surface area contributed by atoms with E-state index in [0.717, 1.165) is 0 Å². The van der Waals surface area contributed by atoms with E-state index in [-0.39, 0.29) is 12.5 Å². The number of hydrogen-bond donors (Lipinski definition) is 1. The molecule has 1 aromatic rings. The van der Waals surface area contributed by atoms with Gasteiger partial charge in [-0.2, -0.15) is 0 Å². The summed E-state index contributed by atoms with van der Waals surface area (Å²) in [6.45, 7) is 3.54. The van der Waals surface area contributed by atoms with E-state index in [1.54, 1.807) is 38.3 Å². The van der Waals surface area contributed by atoms with E-state index in [9.17, 15) is 9.59 Å². The molecule has 1 atom stereocenters. The Bertz CT molecular complexity index is 443. The average molecular weight is 281 g/mol. The fourth-order valence-electron chi connectivity index (χ4n) is 1.42. The second kappa shape index (κ2) is 8.04. The molecule has 0 aliphatic carbocycles. The molecule has 1 amide bonds. The predicted molar refractivity (Wildman–Crippen MR) is 72.7 cm³/mol. The highest BCUT2D eigenvalue weighted by Crippen LogP contribution is 2.16. The number of ether oxygens (including phenoxy) is 3. The van der Waals surface area contributed by atoms with Gasteiger partial charge in [0.1, 0.15) is 11.5 Å². The Morgan fingerprint density at radius 1 is 1.20 bits per heavy atom. The molecular weight excluding hydrogens is 262 g/mol. The number of benzene rings is 1. The highest BCUT2D eigenvalue weighted by atomic mass is 16.6. The number of rotatable bonds is 7. The van der Waals surface area contributed by atoms with Gasteiger partial charge in [-0.25, -0.2) is 4.79 Å². The largest absolute Gasteiger partial charge is 0.497 e. The Kier molecular flexibility index (Phi) is 6.36. The van der Waals surface area contributed by atoms with E-state index in [2.05, 4.69) is 5.32 Å². The van der Waals surface area contributed by atoms with Crippen LogP contribution in [0.15, 0.2) is 24.3 Å². The lowest BCUT2D eigenvalue weighted by molar-refractivity contribution is -0.156. The normalized spacial score (nSPS) is 11.3. The van der Waals surface area contributed by atoms with Gasteiger partial charge in [-0.15, -0.1) is 0 Å². The Hall–Kier alpha value is -2.24. The van der Waals surface area contributed by atoms with Crippen molar-refractivity contribution in [1.29, 1.82) is 0 Å². The van der Waals surface area contributed by atoms with Gasteiger partial charge in [0, 0.05) is 6.54 Å². The lowest BCUT2D eigenvalue weighted by atomic mass is 10.3. The van der Waals surface area contributed by atoms with Crippen LogP contribution < -0.4 is 14.8 Å². The molecule has 0 bridgehead atoms. The zero-order valence-electron chi connectivity index (χ0n) is 11.8. The third-order valence-corrected chi connectivity index (χ3v) is 2.44. The molecule has 0 saturated carbocycles. The summed E-state index contributed by atoms with van der Waals surface area (Å²) in [5.41, 5.74) is 0. The average Bonchev–Trinajstić information content (AvgIpc) is 2.45. The first kappa shape index (κ1) is 15.8. The monoisotopic (exact) mass is 281 g/mol. The summed E-state index contributed by atoms with van der Waals surface area (Å²) >= 11 is 0. The molecule has 1 aromatic carbocycles. The van der Waals surface area contributed by atoms with Crippen LogP contribution in [0.5, 0.6) is 11.5 Å². The minimum atomic E-state index is -0.832. The summed E-state index contributed by atoms with van der Waals surface area (Å²) in [4.78, 5) is 22.9. The van der Waals surface area contributed by atoms with Gasteiger partial charge in [-0.05, 0) is 38.1 Å². The number of nitrogens with one attached hydrogen (secondary N) is 1. The summed E-state index contributed by atoms with van der Waals surface area (Å²) in [5.74, 6) is 0.295. The highest BCUT2D eigenvalue weighted by molar-refractivity contribution is 5.83. The molecule has 0 radical (unpaired) electrons. The van der Waals surface area contributed by atoms with Gasteiger partial charge in [-0.3, -0.25) is 4.79 Å². The summed E-state index contributed by atoms with van der Waals surface area (Å²) in [6, 6.07) is 6.80. The number of hydrogen-bond acceptors (Lipinski definition) is 5. The molecule has 0 heterocycles. The highest BCUT2D eigenvalue weighted by Gasteiger charge is 2.17. The van der Waals surface area contributed by atoms with Crippen LogP contribution in [0.1, 0.15) is 13.8 Å². The quantitative estimate of drug-likeness (QED) is 0.759. The predicted octanol–water partition coefficient (Wildman–Crippen LogP) is 1.14. The zero-order chi connectivity index (χ0) is 15.0. The Morgan fingerprint density at radius 3 is 2.35 bits per heavy atom. The zero-order valence-corrected chi connectivity index (χ0v) is 11.8. The van der Waals surface area contributed by atoms with Crippen LogP contribution in [0.25, 0.3) is 0 Å². The molecule has 110 valence electrons. The lowest BCUT2D eigenvalue weighted by Gasteiger charge is -2.13. The van der Waals surface area contributed by atoms with Crippen molar-refractivity contribution in [2.24, 2.45) is 0 Å². The molecule has 0 spiro atoms. The van der Waals surface area contributed by atoms with Gasteiger partial charge in [0.25, 0.3) is 5.91 Å². The van der Waals surface area contributed by atoms with Crippen molar-refractivity contribution in [2.75, 3.05) is 20.3 Å². The van der Waals surface area contributed by atoms with Crippen LogP contribution in [0.4, 0.5) is 0 Å². The van der Waals surface area contributed by atoms with Gasteiger partial charge in [0.05, 0.1) is 7.11 Å². The molecular formula is C14H19NO5. The van der Waals surface area contributed by atoms with Crippen molar-refractivity contribution < 1.29 is 23.8 Å². The summed E-state index contributed by atoms with van der Waals surface area (Å²) in [5, 5.41) is 2.57. The van der Waals surface area contributed by atoms with E-state index in [1.807, 2.05) is 0 Å². The van der Waals surface area contributed by atoms with Crippen LogP contribution in [-0.2, 0) is 14.3 Å². The first-order valence-electron chi connectivity index (χ1n) is 6.30. The maximum Gasteiger partial charge on any atom is 0.344 e. The van der Waals surface area contributed by atoms with Crippen molar-refractivity contribution in [3.63, 3.8) is 0 Å². The standard InChI is InChI=1S/C14H19NO5/c1-4-15-14(17)10(2)20-13(16)9-19-12-7-5-11(18-3)6-8-12/h5-8,10H,4,9H2,1-3H3,(H,15,17)/t10-/m0/s1. The van der Waals surface area contributed by atoms with Gasteiger partial charge in [0.2, 0.25) is 0 Å². The molecule has 20 heavy (non-hydrogen) atoms. The summed E-state index contributed by atoms with van der Waals surface area (Å²) in [7, 11) is 1.57. The van der Waals surface area contributed by atoms with Crippen molar-refractivity contribution >= 4 is 11.9 Å². The maximum absolute atomic E-state index is 11.5. The van der Waals surface area contributed by atoms with Gasteiger partial charge in [-0.1, -0.05) is 0 Å². The van der Waals surface area contributed by atoms with Crippen LogP contribution in [0.2, 0.25) is 0 Å². The molecule has 0 aliphatic rings. The smallest absolute Gasteiger partial charge is 0.344 e. The molecule has 0 aliphatic heterocycles. The van der Waals surface area contributed by atoms with Gasteiger partial charge in [0.15, 0.2) is 12.7 Å². The summed E-state index contributed by atoms with van der Waals surface area (Å²) in [6.07, 6.45) is -0.832. The number of carbonyl (C=O) groups excluding carboxylic acids is 2. The van der Waals surface area contributed by atoms with Gasteiger partial charge >= 0.3 is 5.97 Å². The summed E-state index contributed by atoms with van der Waals surface area (Å²) < 4.78 is 15.2. The minimum Gasteiger partial charge on any atom is -0.497 e. The van der Waals surface area contributed by atoms with Crippen LogP contribution in [-0.4, -0.2) is 38.2 Å². The number of carbonyl (C=O) groups is 2. The van der Waals surface area contributed by atoms with E-state index >= 15 is 0 Å². The fourth-order valence-corrected chi connectivity index (χ4v) is 1.42. The van der Waals surface area contributed by atoms with Crippen molar-refractivity contribution in [1.82, 2.24) is 5.32 Å². The van der Waals surface area contributed by atoms with Crippen molar-refractivity contribution in [3.8, 4) is 11.5 Å². The Morgan fingerprint density at radius 2 is 1.80 bits per heavy atom. The maximum atomic E-state index is 11.5. The second-order valence-corrected chi connectivity index (χ2v) is 3.99. The Balaban J connectivity index is 2.37. The first-order valence-corrected chi connectivity index (χ1v) is 6.30. The number of methoxy groups -OCH3 is 1. The van der Waals surface area contributed by atoms with Crippen LogP contribution >= 0.6 is 0 Å². The third kappa shape index (κ3) is 5.17.